The van der Waals surface area contributed by atoms with Crippen LogP contribution < -0.4 is 5.32 Å². The maximum Gasteiger partial charge on any atom is 0.257 e. The summed E-state index contributed by atoms with van der Waals surface area (Å²) in [6.45, 7) is 4.13. The molecule has 1 N–H and O–H groups in total. The monoisotopic (exact) mass is 318 g/mol. The first kappa shape index (κ1) is 15.4. The van der Waals surface area contributed by atoms with Crippen LogP contribution in [0.4, 0.5) is 0 Å². The van der Waals surface area contributed by atoms with E-state index in [1.165, 1.54) is 31.0 Å². The average molecular weight is 318 g/mol. The van der Waals surface area contributed by atoms with Crippen LogP contribution in [0, 0.1) is 5.92 Å². The van der Waals surface area contributed by atoms with Crippen molar-refractivity contribution >= 4 is 28.8 Å². The van der Waals surface area contributed by atoms with Gasteiger partial charge in [-0.25, -0.2) is 4.98 Å². The van der Waals surface area contributed by atoms with E-state index in [2.05, 4.69) is 17.2 Å². The Balaban J connectivity index is 1.60. The van der Waals surface area contributed by atoms with Gasteiger partial charge >= 0.3 is 0 Å². The van der Waals surface area contributed by atoms with Crippen molar-refractivity contribution in [3.05, 3.63) is 24.3 Å². The summed E-state index contributed by atoms with van der Waals surface area (Å²) in [6.07, 6.45) is 4.79. The van der Waals surface area contributed by atoms with Crippen LogP contribution in [0.2, 0.25) is 0 Å². The number of aromatic nitrogens is 1. The predicted molar refractivity (Wildman–Crippen MR) is 88.9 cm³/mol. The van der Waals surface area contributed by atoms with Crippen LogP contribution in [0.5, 0.6) is 0 Å². The van der Waals surface area contributed by atoms with Crippen LogP contribution in [0.25, 0.3) is 11.1 Å². The smallest absolute Gasteiger partial charge is 0.257 e. The molecule has 22 heavy (non-hydrogen) atoms. The highest BCUT2D eigenvalue weighted by molar-refractivity contribution is 8.00. The summed E-state index contributed by atoms with van der Waals surface area (Å²) in [5.41, 5.74) is 1.59. The van der Waals surface area contributed by atoms with Gasteiger partial charge < -0.3 is 9.73 Å². The van der Waals surface area contributed by atoms with E-state index in [1.54, 1.807) is 0 Å². The van der Waals surface area contributed by atoms with E-state index < -0.39 is 0 Å². The number of fused-ring (bicyclic) bond motifs is 1. The van der Waals surface area contributed by atoms with Gasteiger partial charge in [0.05, 0.1) is 5.25 Å². The third kappa shape index (κ3) is 3.46. The Labute approximate surface area is 135 Å². The van der Waals surface area contributed by atoms with Crippen molar-refractivity contribution < 1.29 is 9.21 Å². The summed E-state index contributed by atoms with van der Waals surface area (Å²) in [5, 5.41) is 3.54. The fourth-order valence-electron chi connectivity index (χ4n) is 2.94. The molecule has 118 valence electrons. The van der Waals surface area contributed by atoms with Crippen LogP contribution in [0.3, 0.4) is 0 Å². The van der Waals surface area contributed by atoms with E-state index in [0.717, 1.165) is 17.5 Å². The Morgan fingerprint density at radius 1 is 1.36 bits per heavy atom. The lowest BCUT2D eigenvalue weighted by Gasteiger charge is -2.30. The van der Waals surface area contributed by atoms with Crippen molar-refractivity contribution in [3.63, 3.8) is 0 Å². The van der Waals surface area contributed by atoms with E-state index >= 15 is 0 Å². The lowest BCUT2D eigenvalue weighted by molar-refractivity contribution is -0.121. The van der Waals surface area contributed by atoms with Crippen molar-refractivity contribution in [1.29, 1.82) is 0 Å². The largest absolute Gasteiger partial charge is 0.431 e. The third-order valence-electron chi connectivity index (χ3n) is 4.36. The molecule has 0 aliphatic heterocycles. The zero-order chi connectivity index (χ0) is 15.5. The minimum atomic E-state index is -0.206. The maximum atomic E-state index is 12.4. The summed E-state index contributed by atoms with van der Waals surface area (Å²) >= 11 is 1.38. The highest BCUT2D eigenvalue weighted by Crippen LogP contribution is 2.28. The Morgan fingerprint density at radius 3 is 2.91 bits per heavy atom. The molecule has 1 aliphatic rings. The highest BCUT2D eigenvalue weighted by Gasteiger charge is 2.26. The lowest BCUT2D eigenvalue weighted by Crippen LogP contribution is -2.44. The van der Waals surface area contributed by atoms with Gasteiger partial charge in [0.1, 0.15) is 5.52 Å². The molecule has 1 amide bonds. The van der Waals surface area contributed by atoms with Crippen LogP contribution in [0.15, 0.2) is 33.9 Å². The molecule has 0 saturated heterocycles. The molecule has 0 spiro atoms. The first-order valence-electron chi connectivity index (χ1n) is 7.96. The second kappa shape index (κ2) is 6.73. The van der Waals surface area contributed by atoms with Gasteiger partial charge in [-0.1, -0.05) is 43.7 Å². The van der Waals surface area contributed by atoms with E-state index in [9.17, 15) is 4.79 Å². The molecule has 1 aromatic heterocycles. The van der Waals surface area contributed by atoms with E-state index in [-0.39, 0.29) is 11.2 Å². The first-order chi connectivity index (χ1) is 10.6. The molecule has 4 nitrogen and oxygen atoms in total. The topological polar surface area (TPSA) is 55.1 Å². The third-order valence-corrected chi connectivity index (χ3v) is 5.30. The number of carbonyl (C=O) groups excluding carboxylic acids is 1. The first-order valence-corrected chi connectivity index (χ1v) is 8.84. The quantitative estimate of drug-likeness (QED) is 0.866. The number of rotatable bonds is 4. The fraction of sp³-hybridized carbons (Fsp3) is 0.529. The molecule has 3 atom stereocenters. The molecule has 1 saturated carbocycles. The number of para-hydroxylation sites is 2. The Bertz CT molecular complexity index is 622. The molecule has 0 radical (unpaired) electrons. The highest BCUT2D eigenvalue weighted by atomic mass is 32.2. The molecule has 3 rings (SSSR count). The van der Waals surface area contributed by atoms with Gasteiger partial charge in [-0.3, -0.25) is 4.79 Å². The molecule has 0 unspecified atom stereocenters. The lowest BCUT2D eigenvalue weighted by atomic mass is 9.86. The summed E-state index contributed by atoms with van der Waals surface area (Å²) in [6, 6.07) is 7.97. The van der Waals surface area contributed by atoms with Crippen molar-refractivity contribution in [1.82, 2.24) is 10.3 Å². The van der Waals surface area contributed by atoms with Gasteiger partial charge in [0.15, 0.2) is 5.58 Å². The molecule has 1 heterocycles. The Morgan fingerprint density at radius 2 is 2.14 bits per heavy atom. The minimum Gasteiger partial charge on any atom is -0.431 e. The number of carbonyl (C=O) groups is 1. The van der Waals surface area contributed by atoms with Gasteiger partial charge in [-0.2, -0.15) is 0 Å². The van der Waals surface area contributed by atoms with Gasteiger partial charge in [-0.15, -0.1) is 0 Å². The zero-order valence-corrected chi connectivity index (χ0v) is 13.9. The maximum absolute atomic E-state index is 12.4. The second-order valence-electron chi connectivity index (χ2n) is 6.08. The number of hydrogen-bond acceptors (Lipinski definition) is 4. The normalized spacial score (nSPS) is 23.4. The molecule has 0 bridgehead atoms. The molecule has 1 aliphatic carbocycles. The van der Waals surface area contributed by atoms with Crippen LogP contribution in [0.1, 0.15) is 39.5 Å². The molecule has 1 aromatic carbocycles. The number of amides is 1. The van der Waals surface area contributed by atoms with E-state index in [1.807, 2.05) is 31.2 Å². The molecular weight excluding hydrogens is 296 g/mol. The van der Waals surface area contributed by atoms with E-state index in [4.69, 9.17) is 4.42 Å². The number of benzene rings is 1. The SMILES string of the molecule is C[C@@H](Sc1nc2ccccc2o1)C(=O)N[C@@H]1CCCC[C@@H]1C. The number of nitrogens with one attached hydrogen (secondary N) is 1. The van der Waals surface area contributed by atoms with Crippen LogP contribution in [-0.2, 0) is 4.79 Å². The predicted octanol–water partition coefficient (Wildman–Crippen LogP) is 4.00. The molecule has 2 aromatic rings. The Hall–Kier alpha value is -1.49. The van der Waals surface area contributed by atoms with Gasteiger partial charge in [-0.05, 0) is 37.8 Å². The van der Waals surface area contributed by atoms with Crippen molar-refractivity contribution in [2.75, 3.05) is 0 Å². The summed E-state index contributed by atoms with van der Waals surface area (Å²) in [4.78, 5) is 16.8. The molecule has 5 heteroatoms. The van der Waals surface area contributed by atoms with E-state index in [0.29, 0.717) is 17.2 Å². The van der Waals surface area contributed by atoms with Gasteiger partial charge in [0, 0.05) is 6.04 Å². The van der Waals surface area contributed by atoms with Crippen LogP contribution >= 0.6 is 11.8 Å². The fourth-order valence-corrected chi connectivity index (χ4v) is 3.70. The number of hydrogen-bond donors (Lipinski definition) is 1. The summed E-state index contributed by atoms with van der Waals surface area (Å²) in [5.74, 6) is 0.644. The minimum absolute atomic E-state index is 0.0750. The Kier molecular flexibility index (Phi) is 4.71. The standard InChI is InChI=1S/C17H22N2O2S/c1-11-7-3-4-8-13(11)18-16(20)12(2)22-17-19-14-9-5-6-10-15(14)21-17/h5-6,9-13H,3-4,7-8H2,1-2H3,(H,18,20)/t11-,12+,13+/m0/s1. The molecule has 1 fully saturated rings. The average Bonchev–Trinajstić information content (AvgIpc) is 2.91. The number of nitrogens with zero attached hydrogens (tertiary/aromatic N) is 1. The number of thioether (sulfide) groups is 1. The van der Waals surface area contributed by atoms with Crippen LogP contribution in [-0.4, -0.2) is 22.2 Å². The van der Waals surface area contributed by atoms with Gasteiger partial charge in [0.2, 0.25) is 5.91 Å². The molecular formula is C17H22N2O2S. The van der Waals surface area contributed by atoms with Crippen molar-refractivity contribution in [3.8, 4) is 0 Å². The summed E-state index contributed by atoms with van der Waals surface area (Å²) < 4.78 is 5.67. The van der Waals surface area contributed by atoms with Gasteiger partial charge in [0.25, 0.3) is 5.22 Å². The summed E-state index contributed by atoms with van der Waals surface area (Å²) in [7, 11) is 0. The van der Waals surface area contributed by atoms with Crippen molar-refractivity contribution in [2.45, 2.75) is 56.0 Å². The number of oxazole rings is 1. The zero-order valence-electron chi connectivity index (χ0n) is 13.0. The second-order valence-corrected chi connectivity index (χ2v) is 7.38. The van der Waals surface area contributed by atoms with Crippen molar-refractivity contribution in [2.24, 2.45) is 5.92 Å².